The van der Waals surface area contributed by atoms with Gasteiger partial charge < -0.3 is 15.2 Å². The van der Waals surface area contributed by atoms with Gasteiger partial charge in [0.1, 0.15) is 11.3 Å². The number of nitro benzene ring substituents is 1. The Hall–Kier alpha value is -2.90. The first-order valence-electron chi connectivity index (χ1n) is 6.68. The molecule has 0 radical (unpaired) electrons. The number of nitrogens with zero attached hydrogens (tertiary/aromatic N) is 2. The van der Waals surface area contributed by atoms with Gasteiger partial charge in [-0.15, -0.1) is 0 Å². The van der Waals surface area contributed by atoms with E-state index >= 15 is 0 Å². The molecule has 2 N–H and O–H groups in total. The number of nitro groups is 1. The monoisotopic (exact) mass is 304 g/mol. The first kappa shape index (κ1) is 15.5. The summed E-state index contributed by atoms with van der Waals surface area (Å²) >= 11 is 0. The standard InChI is InChI=1S/C14H16N4O4/c1-9-13(10(2)22-17-9)14(19)16-8-7-15-11-3-5-12(6-4-11)18(20)21/h3-6,15H,7-8H2,1-2H3,(H,16,19). The van der Waals surface area contributed by atoms with Gasteiger partial charge in [0, 0.05) is 30.9 Å². The van der Waals surface area contributed by atoms with Crippen LogP contribution < -0.4 is 10.6 Å². The van der Waals surface area contributed by atoms with Crippen LogP contribution in [0.3, 0.4) is 0 Å². The number of hydrogen-bond donors (Lipinski definition) is 2. The Labute approximate surface area is 126 Å². The van der Waals surface area contributed by atoms with Crippen LogP contribution in [-0.4, -0.2) is 29.1 Å². The summed E-state index contributed by atoms with van der Waals surface area (Å²) in [6.07, 6.45) is 0. The van der Waals surface area contributed by atoms with Crippen LogP contribution in [0.5, 0.6) is 0 Å². The van der Waals surface area contributed by atoms with Crippen molar-refractivity contribution in [2.24, 2.45) is 0 Å². The van der Waals surface area contributed by atoms with Crippen molar-refractivity contribution in [2.75, 3.05) is 18.4 Å². The highest BCUT2D eigenvalue weighted by atomic mass is 16.6. The molecule has 8 nitrogen and oxygen atoms in total. The molecule has 1 aromatic carbocycles. The number of carbonyl (C=O) groups is 1. The fourth-order valence-corrected chi connectivity index (χ4v) is 1.98. The predicted molar refractivity (Wildman–Crippen MR) is 79.9 cm³/mol. The minimum Gasteiger partial charge on any atom is -0.383 e. The number of aromatic nitrogens is 1. The van der Waals surface area contributed by atoms with Crippen LogP contribution >= 0.6 is 0 Å². The third kappa shape index (κ3) is 3.60. The maximum absolute atomic E-state index is 12.0. The fourth-order valence-electron chi connectivity index (χ4n) is 1.98. The number of carbonyl (C=O) groups excluding carboxylic acids is 1. The van der Waals surface area contributed by atoms with Gasteiger partial charge in [-0.05, 0) is 26.0 Å². The molecule has 0 atom stereocenters. The van der Waals surface area contributed by atoms with Crippen LogP contribution in [0, 0.1) is 24.0 Å². The molecule has 0 aliphatic rings. The minimum atomic E-state index is -0.451. The molecule has 0 fully saturated rings. The van der Waals surface area contributed by atoms with E-state index in [-0.39, 0.29) is 11.6 Å². The van der Waals surface area contributed by atoms with Crippen LogP contribution in [0.15, 0.2) is 28.8 Å². The van der Waals surface area contributed by atoms with Gasteiger partial charge in [0.25, 0.3) is 11.6 Å². The molecule has 0 aliphatic heterocycles. The molecular formula is C14H16N4O4. The number of hydrogen-bond acceptors (Lipinski definition) is 6. The molecule has 1 aromatic heterocycles. The Morgan fingerprint density at radius 2 is 1.95 bits per heavy atom. The summed E-state index contributed by atoms with van der Waals surface area (Å²) in [4.78, 5) is 22.1. The molecule has 1 amide bonds. The molecule has 0 bridgehead atoms. The van der Waals surface area contributed by atoms with Gasteiger partial charge in [-0.2, -0.15) is 0 Å². The molecule has 1 heterocycles. The normalized spacial score (nSPS) is 10.3. The lowest BCUT2D eigenvalue weighted by atomic mass is 10.2. The first-order chi connectivity index (χ1) is 10.5. The van der Waals surface area contributed by atoms with Gasteiger partial charge in [0.05, 0.1) is 10.6 Å². The summed E-state index contributed by atoms with van der Waals surface area (Å²) < 4.78 is 4.94. The summed E-state index contributed by atoms with van der Waals surface area (Å²) in [5.41, 5.74) is 1.79. The zero-order valence-corrected chi connectivity index (χ0v) is 12.3. The number of anilines is 1. The Bertz CT molecular complexity index is 659. The van der Waals surface area contributed by atoms with E-state index in [4.69, 9.17) is 4.52 Å². The SMILES string of the molecule is Cc1noc(C)c1C(=O)NCCNc1ccc([N+](=O)[O-])cc1. The highest BCUT2D eigenvalue weighted by Gasteiger charge is 2.16. The summed E-state index contributed by atoms with van der Waals surface area (Å²) in [7, 11) is 0. The number of benzene rings is 1. The largest absolute Gasteiger partial charge is 0.383 e. The van der Waals surface area contributed by atoms with Crippen molar-refractivity contribution >= 4 is 17.3 Å². The maximum atomic E-state index is 12.0. The van der Waals surface area contributed by atoms with Gasteiger partial charge in [-0.3, -0.25) is 14.9 Å². The van der Waals surface area contributed by atoms with Gasteiger partial charge in [-0.1, -0.05) is 5.16 Å². The highest BCUT2D eigenvalue weighted by Crippen LogP contribution is 2.15. The lowest BCUT2D eigenvalue weighted by Crippen LogP contribution is -2.29. The summed E-state index contributed by atoms with van der Waals surface area (Å²) in [6, 6.07) is 6.08. The van der Waals surface area contributed by atoms with Crippen molar-refractivity contribution in [1.82, 2.24) is 10.5 Å². The number of amides is 1. The molecule has 0 aliphatic carbocycles. The second-order valence-electron chi connectivity index (χ2n) is 4.69. The number of aryl methyl sites for hydroxylation is 2. The van der Waals surface area contributed by atoms with Crippen molar-refractivity contribution in [1.29, 1.82) is 0 Å². The molecule has 2 rings (SSSR count). The highest BCUT2D eigenvalue weighted by molar-refractivity contribution is 5.96. The third-order valence-corrected chi connectivity index (χ3v) is 3.08. The predicted octanol–water partition coefficient (Wildman–Crippen LogP) is 2.04. The number of non-ortho nitro benzene ring substituents is 1. The number of rotatable bonds is 6. The fraction of sp³-hybridized carbons (Fsp3) is 0.286. The molecule has 0 saturated carbocycles. The van der Waals surface area contributed by atoms with Crippen molar-refractivity contribution in [3.8, 4) is 0 Å². The quantitative estimate of drug-likeness (QED) is 0.480. The second kappa shape index (κ2) is 6.70. The Kier molecular flexibility index (Phi) is 4.72. The molecular weight excluding hydrogens is 288 g/mol. The zero-order valence-electron chi connectivity index (χ0n) is 12.3. The molecule has 0 saturated heterocycles. The van der Waals surface area contributed by atoms with Crippen LogP contribution in [0.4, 0.5) is 11.4 Å². The molecule has 0 spiro atoms. The average molecular weight is 304 g/mol. The van der Waals surface area contributed by atoms with Gasteiger partial charge in [0.15, 0.2) is 0 Å². The van der Waals surface area contributed by atoms with E-state index in [1.807, 2.05) is 0 Å². The Balaban J connectivity index is 1.80. The van der Waals surface area contributed by atoms with E-state index in [1.54, 1.807) is 26.0 Å². The zero-order chi connectivity index (χ0) is 16.1. The van der Waals surface area contributed by atoms with Crippen molar-refractivity contribution in [3.05, 3.63) is 51.4 Å². The van der Waals surface area contributed by atoms with Crippen LogP contribution in [0.25, 0.3) is 0 Å². The van der Waals surface area contributed by atoms with E-state index in [0.717, 1.165) is 5.69 Å². The van der Waals surface area contributed by atoms with Crippen molar-refractivity contribution in [2.45, 2.75) is 13.8 Å². The van der Waals surface area contributed by atoms with Crippen LogP contribution in [0.1, 0.15) is 21.8 Å². The topological polar surface area (TPSA) is 110 Å². The van der Waals surface area contributed by atoms with E-state index in [2.05, 4.69) is 15.8 Å². The van der Waals surface area contributed by atoms with E-state index in [9.17, 15) is 14.9 Å². The molecule has 2 aromatic rings. The van der Waals surface area contributed by atoms with Crippen molar-refractivity contribution < 1.29 is 14.2 Å². The van der Waals surface area contributed by atoms with E-state index in [0.29, 0.717) is 30.1 Å². The van der Waals surface area contributed by atoms with Crippen LogP contribution in [-0.2, 0) is 0 Å². The third-order valence-electron chi connectivity index (χ3n) is 3.08. The molecule has 0 unspecified atom stereocenters. The van der Waals surface area contributed by atoms with Gasteiger partial charge >= 0.3 is 0 Å². The van der Waals surface area contributed by atoms with E-state index in [1.165, 1.54) is 12.1 Å². The van der Waals surface area contributed by atoms with Crippen molar-refractivity contribution in [3.63, 3.8) is 0 Å². The summed E-state index contributed by atoms with van der Waals surface area (Å²) in [6.45, 7) is 4.29. The average Bonchev–Trinajstić information content (AvgIpc) is 2.83. The molecule has 22 heavy (non-hydrogen) atoms. The summed E-state index contributed by atoms with van der Waals surface area (Å²) in [5.74, 6) is 0.250. The maximum Gasteiger partial charge on any atom is 0.269 e. The Morgan fingerprint density at radius 1 is 1.27 bits per heavy atom. The Morgan fingerprint density at radius 3 is 2.50 bits per heavy atom. The smallest absolute Gasteiger partial charge is 0.269 e. The lowest BCUT2D eigenvalue weighted by Gasteiger charge is -2.07. The van der Waals surface area contributed by atoms with E-state index < -0.39 is 4.92 Å². The summed E-state index contributed by atoms with van der Waals surface area (Å²) in [5, 5.41) is 20.1. The van der Waals surface area contributed by atoms with Gasteiger partial charge in [0.2, 0.25) is 0 Å². The number of nitrogens with one attached hydrogen (secondary N) is 2. The molecule has 8 heteroatoms. The second-order valence-corrected chi connectivity index (χ2v) is 4.69. The first-order valence-corrected chi connectivity index (χ1v) is 6.68. The van der Waals surface area contributed by atoms with Gasteiger partial charge in [-0.25, -0.2) is 0 Å². The van der Waals surface area contributed by atoms with Crippen LogP contribution in [0.2, 0.25) is 0 Å². The minimum absolute atomic E-state index is 0.0391. The molecule has 116 valence electrons. The lowest BCUT2D eigenvalue weighted by molar-refractivity contribution is -0.384.